The minimum atomic E-state index is -3.95. The number of sulfonamides is 1. The molecule has 3 aromatic rings. The molecule has 0 spiro atoms. The van der Waals surface area contributed by atoms with E-state index in [1.54, 1.807) is 42.1 Å². The number of amides is 1. The van der Waals surface area contributed by atoms with Crippen LogP contribution in [0.25, 0.3) is 0 Å². The highest BCUT2D eigenvalue weighted by Gasteiger charge is 2.28. The van der Waals surface area contributed by atoms with E-state index in [1.165, 1.54) is 23.5 Å². The molecule has 0 atom stereocenters. The van der Waals surface area contributed by atoms with Crippen molar-refractivity contribution in [3.05, 3.63) is 60.2 Å². The number of hydrogen-bond acceptors (Lipinski definition) is 7. The van der Waals surface area contributed by atoms with Gasteiger partial charge in [-0.3, -0.25) is 14.4 Å². The number of thioether (sulfide) groups is 1. The van der Waals surface area contributed by atoms with Gasteiger partial charge in [-0.2, -0.15) is 0 Å². The zero-order valence-electron chi connectivity index (χ0n) is 18.2. The molecule has 10 heteroatoms. The summed E-state index contributed by atoms with van der Waals surface area (Å²) in [5, 5.41) is 11.2. The van der Waals surface area contributed by atoms with Gasteiger partial charge in [-0.25, -0.2) is 8.42 Å². The SMILES string of the molecule is CCc1ccccc1N(CC(=O)Nc1nnc(SCC(C)C)s1)S(=O)(=O)c1ccccc1. The van der Waals surface area contributed by atoms with Gasteiger partial charge < -0.3 is 0 Å². The highest BCUT2D eigenvalue weighted by Crippen LogP contribution is 2.29. The van der Waals surface area contributed by atoms with Gasteiger partial charge in [0.15, 0.2) is 4.34 Å². The predicted octanol–water partition coefficient (Wildman–Crippen LogP) is 4.68. The van der Waals surface area contributed by atoms with Crippen LogP contribution in [-0.4, -0.2) is 36.8 Å². The maximum absolute atomic E-state index is 13.5. The summed E-state index contributed by atoms with van der Waals surface area (Å²) in [5.41, 5.74) is 1.32. The Bertz CT molecular complexity index is 1150. The van der Waals surface area contributed by atoms with Crippen molar-refractivity contribution in [1.82, 2.24) is 10.2 Å². The Kier molecular flexibility index (Phi) is 8.27. The van der Waals surface area contributed by atoms with E-state index in [0.29, 0.717) is 23.2 Å². The number of hydrogen-bond donors (Lipinski definition) is 1. The number of aryl methyl sites for hydroxylation is 1. The molecule has 0 fully saturated rings. The molecule has 1 N–H and O–H groups in total. The molecule has 0 aliphatic carbocycles. The number of benzene rings is 2. The van der Waals surface area contributed by atoms with E-state index >= 15 is 0 Å². The lowest BCUT2D eigenvalue weighted by Gasteiger charge is -2.26. The maximum atomic E-state index is 13.5. The Morgan fingerprint density at radius 3 is 2.47 bits per heavy atom. The monoisotopic (exact) mass is 490 g/mol. The lowest BCUT2D eigenvalue weighted by Crippen LogP contribution is -2.38. The summed E-state index contributed by atoms with van der Waals surface area (Å²) in [6, 6.07) is 15.3. The maximum Gasteiger partial charge on any atom is 0.264 e. The van der Waals surface area contributed by atoms with Crippen LogP contribution in [0.4, 0.5) is 10.8 Å². The molecule has 0 saturated carbocycles. The average molecular weight is 491 g/mol. The van der Waals surface area contributed by atoms with Crippen LogP contribution in [0.3, 0.4) is 0 Å². The molecule has 0 bridgehead atoms. The summed E-state index contributed by atoms with van der Waals surface area (Å²) in [5.74, 6) is 0.934. The van der Waals surface area contributed by atoms with Crippen LogP contribution in [0, 0.1) is 5.92 Å². The van der Waals surface area contributed by atoms with Gasteiger partial charge in [-0.15, -0.1) is 10.2 Å². The van der Waals surface area contributed by atoms with Crippen LogP contribution in [0.5, 0.6) is 0 Å². The summed E-state index contributed by atoms with van der Waals surface area (Å²) in [6.07, 6.45) is 0.630. The van der Waals surface area contributed by atoms with Crippen LogP contribution in [-0.2, 0) is 21.2 Å². The molecular formula is C22H26N4O3S3. The largest absolute Gasteiger partial charge is 0.299 e. The van der Waals surface area contributed by atoms with E-state index in [0.717, 1.165) is 20.0 Å². The number of nitrogens with one attached hydrogen (secondary N) is 1. The van der Waals surface area contributed by atoms with Gasteiger partial charge in [0.05, 0.1) is 10.6 Å². The van der Waals surface area contributed by atoms with Crippen molar-refractivity contribution in [2.45, 2.75) is 36.4 Å². The number of para-hydroxylation sites is 1. The zero-order valence-corrected chi connectivity index (χ0v) is 20.6. The van der Waals surface area contributed by atoms with Gasteiger partial charge in [0, 0.05) is 5.75 Å². The first-order chi connectivity index (χ1) is 15.3. The molecule has 3 rings (SSSR count). The van der Waals surface area contributed by atoms with Crippen molar-refractivity contribution < 1.29 is 13.2 Å². The summed E-state index contributed by atoms with van der Waals surface area (Å²) in [7, 11) is -3.95. The highest BCUT2D eigenvalue weighted by atomic mass is 32.2. The molecule has 2 aromatic carbocycles. The Labute approximate surface area is 197 Å². The van der Waals surface area contributed by atoms with E-state index in [-0.39, 0.29) is 11.4 Å². The van der Waals surface area contributed by atoms with Crippen LogP contribution >= 0.6 is 23.1 Å². The fraction of sp³-hybridized carbons (Fsp3) is 0.318. The second kappa shape index (κ2) is 10.9. The number of nitrogens with zero attached hydrogens (tertiary/aromatic N) is 3. The number of carbonyl (C=O) groups is 1. The number of carbonyl (C=O) groups excluding carboxylic acids is 1. The Morgan fingerprint density at radius 2 is 1.78 bits per heavy atom. The third-order valence-electron chi connectivity index (χ3n) is 4.45. The van der Waals surface area contributed by atoms with Crippen molar-refractivity contribution in [1.29, 1.82) is 0 Å². The second-order valence-corrected chi connectivity index (χ2v) is 11.5. The molecule has 1 heterocycles. The standard InChI is InChI=1S/C22H26N4O3S3/c1-4-17-10-8-9-13-19(17)26(32(28,29)18-11-6-5-7-12-18)14-20(27)23-21-24-25-22(31-21)30-15-16(2)3/h5-13,16H,4,14-15H2,1-3H3,(H,23,24,27). The van der Waals surface area contributed by atoms with E-state index in [2.05, 4.69) is 29.4 Å². The summed E-state index contributed by atoms with van der Waals surface area (Å²) in [4.78, 5) is 13.0. The van der Waals surface area contributed by atoms with Gasteiger partial charge in [-0.1, -0.05) is 80.3 Å². The fourth-order valence-electron chi connectivity index (χ4n) is 2.92. The Hall–Kier alpha value is -2.43. The van der Waals surface area contributed by atoms with E-state index in [9.17, 15) is 13.2 Å². The van der Waals surface area contributed by atoms with Crippen molar-refractivity contribution in [2.75, 3.05) is 21.9 Å². The van der Waals surface area contributed by atoms with Gasteiger partial charge >= 0.3 is 0 Å². The number of anilines is 2. The topological polar surface area (TPSA) is 92.3 Å². The molecule has 0 saturated heterocycles. The van der Waals surface area contributed by atoms with E-state index in [1.807, 2.05) is 19.1 Å². The van der Waals surface area contributed by atoms with E-state index in [4.69, 9.17) is 0 Å². The first-order valence-corrected chi connectivity index (χ1v) is 13.5. The molecular weight excluding hydrogens is 464 g/mol. The second-order valence-electron chi connectivity index (χ2n) is 7.43. The normalized spacial score (nSPS) is 11.5. The third kappa shape index (κ3) is 6.08. The van der Waals surface area contributed by atoms with Crippen LogP contribution < -0.4 is 9.62 Å². The molecule has 1 amide bonds. The fourth-order valence-corrected chi connectivity index (χ4v) is 6.14. The number of rotatable bonds is 10. The molecule has 0 unspecified atom stereocenters. The molecule has 32 heavy (non-hydrogen) atoms. The van der Waals surface area contributed by atoms with Crippen LogP contribution in [0.1, 0.15) is 26.3 Å². The summed E-state index contributed by atoms with van der Waals surface area (Å²) >= 11 is 2.86. The van der Waals surface area contributed by atoms with Crippen molar-refractivity contribution in [3.63, 3.8) is 0 Å². The molecule has 7 nitrogen and oxygen atoms in total. The van der Waals surface area contributed by atoms with Gasteiger partial charge in [0.2, 0.25) is 11.0 Å². The smallest absolute Gasteiger partial charge is 0.264 e. The van der Waals surface area contributed by atoms with Gasteiger partial charge in [-0.05, 0) is 36.1 Å². The zero-order chi connectivity index (χ0) is 23.1. The van der Waals surface area contributed by atoms with Crippen molar-refractivity contribution >= 4 is 49.8 Å². The van der Waals surface area contributed by atoms with Crippen molar-refractivity contribution in [2.24, 2.45) is 5.92 Å². The van der Waals surface area contributed by atoms with E-state index < -0.39 is 15.9 Å². The minimum absolute atomic E-state index is 0.127. The molecule has 170 valence electrons. The predicted molar refractivity (Wildman–Crippen MR) is 131 cm³/mol. The van der Waals surface area contributed by atoms with Crippen LogP contribution in [0.2, 0.25) is 0 Å². The molecule has 1 aromatic heterocycles. The van der Waals surface area contributed by atoms with Crippen LogP contribution in [0.15, 0.2) is 63.8 Å². The lowest BCUT2D eigenvalue weighted by atomic mass is 10.1. The summed E-state index contributed by atoms with van der Waals surface area (Å²) < 4.78 is 28.8. The Morgan fingerprint density at radius 1 is 1.09 bits per heavy atom. The quantitative estimate of drug-likeness (QED) is 0.328. The average Bonchev–Trinajstić information content (AvgIpc) is 3.23. The first-order valence-electron chi connectivity index (χ1n) is 10.2. The third-order valence-corrected chi connectivity index (χ3v) is 8.63. The summed E-state index contributed by atoms with van der Waals surface area (Å²) in [6.45, 7) is 5.81. The first kappa shape index (κ1) is 24.2. The van der Waals surface area contributed by atoms with Gasteiger partial charge in [0.1, 0.15) is 6.54 Å². The lowest BCUT2D eigenvalue weighted by molar-refractivity contribution is -0.114. The number of aromatic nitrogens is 2. The molecule has 0 aliphatic heterocycles. The molecule has 0 radical (unpaired) electrons. The highest BCUT2D eigenvalue weighted by molar-refractivity contribution is 8.01. The Balaban J connectivity index is 1.85. The molecule has 0 aliphatic rings. The van der Waals surface area contributed by atoms with Crippen molar-refractivity contribution in [3.8, 4) is 0 Å². The van der Waals surface area contributed by atoms with Gasteiger partial charge in [0.25, 0.3) is 10.0 Å². The minimum Gasteiger partial charge on any atom is -0.299 e.